The Balaban J connectivity index is 1.52. The second-order valence-electron chi connectivity index (χ2n) is 5.70. The first kappa shape index (κ1) is 14.4. The summed E-state index contributed by atoms with van der Waals surface area (Å²) in [5.41, 5.74) is 0.966. The molecule has 1 amide bonds. The highest BCUT2D eigenvalue weighted by Gasteiger charge is 2.38. The van der Waals surface area contributed by atoms with Gasteiger partial charge in [0.2, 0.25) is 0 Å². The zero-order valence-electron chi connectivity index (χ0n) is 12.0. The van der Waals surface area contributed by atoms with E-state index in [2.05, 4.69) is 0 Å². The molecule has 2 fully saturated rings. The van der Waals surface area contributed by atoms with Crippen LogP contribution in [-0.2, 0) is 16.1 Å². The predicted molar refractivity (Wildman–Crippen MR) is 76.7 cm³/mol. The molecule has 3 atom stereocenters. The number of carbonyl (C=O) groups is 1. The minimum Gasteiger partial charge on any atom is -0.445 e. The Hall–Kier alpha value is -1.59. The lowest BCUT2D eigenvalue weighted by molar-refractivity contribution is 0.0414. The maximum atomic E-state index is 12.2. The quantitative estimate of drug-likeness (QED) is 0.842. The summed E-state index contributed by atoms with van der Waals surface area (Å²) < 4.78 is 10.5. The summed E-state index contributed by atoms with van der Waals surface area (Å²) >= 11 is 0. The van der Waals surface area contributed by atoms with Gasteiger partial charge in [-0.15, -0.1) is 0 Å². The molecule has 5 heteroatoms. The minimum atomic E-state index is -0.524. The molecule has 0 bridgehead atoms. The molecular weight excluding hydrogens is 270 g/mol. The van der Waals surface area contributed by atoms with Crippen LogP contribution < -0.4 is 0 Å². The Kier molecular flexibility index (Phi) is 4.41. The lowest BCUT2D eigenvalue weighted by atomic mass is 10.0. The molecule has 1 aromatic rings. The van der Waals surface area contributed by atoms with Crippen LogP contribution in [0.3, 0.4) is 0 Å². The number of benzene rings is 1. The van der Waals surface area contributed by atoms with Gasteiger partial charge in [-0.3, -0.25) is 0 Å². The Morgan fingerprint density at radius 3 is 2.90 bits per heavy atom. The summed E-state index contributed by atoms with van der Waals surface area (Å²) in [4.78, 5) is 13.9. The molecule has 0 aromatic heterocycles. The highest BCUT2D eigenvalue weighted by Crippen LogP contribution is 2.26. The molecule has 2 aliphatic rings. The zero-order valence-corrected chi connectivity index (χ0v) is 12.0. The molecule has 1 aromatic carbocycles. The highest BCUT2D eigenvalue weighted by atomic mass is 16.6. The van der Waals surface area contributed by atoms with Crippen molar-refractivity contribution in [2.45, 2.75) is 44.1 Å². The van der Waals surface area contributed by atoms with Gasteiger partial charge < -0.3 is 19.5 Å². The molecule has 2 heterocycles. The van der Waals surface area contributed by atoms with Gasteiger partial charge in [0.1, 0.15) is 6.61 Å². The number of aliphatic hydroxyl groups excluding tert-OH is 1. The maximum Gasteiger partial charge on any atom is 0.410 e. The number of epoxide rings is 1. The second-order valence-corrected chi connectivity index (χ2v) is 5.70. The molecule has 114 valence electrons. The van der Waals surface area contributed by atoms with E-state index in [4.69, 9.17) is 9.47 Å². The normalized spacial score (nSPS) is 25.7. The van der Waals surface area contributed by atoms with Gasteiger partial charge in [-0.25, -0.2) is 4.79 Å². The van der Waals surface area contributed by atoms with E-state index >= 15 is 0 Å². The first-order valence-corrected chi connectivity index (χ1v) is 7.51. The van der Waals surface area contributed by atoms with E-state index in [0.29, 0.717) is 13.0 Å². The number of ether oxygens (including phenoxy) is 2. The number of nitrogens with zero attached hydrogens (tertiary/aromatic N) is 1. The van der Waals surface area contributed by atoms with Crippen molar-refractivity contribution < 1.29 is 19.4 Å². The fourth-order valence-electron chi connectivity index (χ4n) is 2.85. The third-order valence-corrected chi connectivity index (χ3v) is 4.09. The van der Waals surface area contributed by atoms with E-state index in [1.807, 2.05) is 30.3 Å². The van der Waals surface area contributed by atoms with Crippen LogP contribution in [0.25, 0.3) is 0 Å². The molecule has 0 radical (unpaired) electrons. The number of aliphatic hydroxyl groups is 1. The molecule has 2 saturated heterocycles. The van der Waals surface area contributed by atoms with Crippen LogP contribution in [0.4, 0.5) is 4.79 Å². The second kappa shape index (κ2) is 6.45. The number of carbonyl (C=O) groups excluding carboxylic acids is 1. The molecule has 3 rings (SSSR count). The highest BCUT2D eigenvalue weighted by molar-refractivity contribution is 5.68. The Morgan fingerprint density at radius 1 is 1.43 bits per heavy atom. The lowest BCUT2D eigenvalue weighted by Gasteiger charge is -2.27. The van der Waals surface area contributed by atoms with Gasteiger partial charge in [-0.1, -0.05) is 30.3 Å². The molecule has 21 heavy (non-hydrogen) atoms. The van der Waals surface area contributed by atoms with E-state index in [0.717, 1.165) is 25.0 Å². The van der Waals surface area contributed by atoms with E-state index in [-0.39, 0.29) is 24.8 Å². The van der Waals surface area contributed by atoms with E-state index in [1.54, 1.807) is 4.90 Å². The first-order chi connectivity index (χ1) is 10.2. The summed E-state index contributed by atoms with van der Waals surface area (Å²) in [5, 5.41) is 10.2. The summed E-state index contributed by atoms with van der Waals surface area (Å²) in [7, 11) is 0. The van der Waals surface area contributed by atoms with Gasteiger partial charge in [0.15, 0.2) is 0 Å². The van der Waals surface area contributed by atoms with Crippen molar-refractivity contribution >= 4 is 6.09 Å². The van der Waals surface area contributed by atoms with Gasteiger partial charge in [0.05, 0.1) is 24.9 Å². The summed E-state index contributed by atoms with van der Waals surface area (Å²) in [5.74, 6) is 0. The molecule has 0 aliphatic carbocycles. The summed E-state index contributed by atoms with van der Waals surface area (Å²) in [6, 6.07) is 9.47. The van der Waals surface area contributed by atoms with Crippen LogP contribution >= 0.6 is 0 Å². The van der Waals surface area contributed by atoms with Gasteiger partial charge >= 0.3 is 6.09 Å². The van der Waals surface area contributed by atoms with Gasteiger partial charge in [0.25, 0.3) is 0 Å². The Labute approximate surface area is 124 Å². The van der Waals surface area contributed by atoms with E-state index < -0.39 is 6.10 Å². The average molecular weight is 291 g/mol. The van der Waals surface area contributed by atoms with Gasteiger partial charge in [0, 0.05) is 13.0 Å². The van der Waals surface area contributed by atoms with E-state index in [9.17, 15) is 9.90 Å². The molecule has 0 spiro atoms. The van der Waals surface area contributed by atoms with Crippen LogP contribution in [0.1, 0.15) is 24.8 Å². The topological polar surface area (TPSA) is 62.3 Å². The molecule has 1 N–H and O–H groups in total. The molecule has 2 aliphatic heterocycles. The third-order valence-electron chi connectivity index (χ3n) is 4.09. The van der Waals surface area contributed by atoms with Crippen LogP contribution in [0.5, 0.6) is 0 Å². The number of hydrogen-bond donors (Lipinski definition) is 1. The van der Waals surface area contributed by atoms with Crippen LogP contribution in [-0.4, -0.2) is 47.5 Å². The fourth-order valence-corrected chi connectivity index (χ4v) is 2.85. The zero-order chi connectivity index (χ0) is 14.7. The smallest absolute Gasteiger partial charge is 0.410 e. The number of hydrogen-bond acceptors (Lipinski definition) is 4. The predicted octanol–water partition coefficient (Wildman–Crippen LogP) is 1.94. The maximum absolute atomic E-state index is 12.2. The molecule has 0 saturated carbocycles. The fraction of sp³-hybridized carbons (Fsp3) is 0.562. The number of amides is 1. The first-order valence-electron chi connectivity index (χ1n) is 7.51. The Morgan fingerprint density at radius 2 is 2.19 bits per heavy atom. The van der Waals surface area contributed by atoms with Crippen LogP contribution in [0.15, 0.2) is 30.3 Å². The van der Waals surface area contributed by atoms with Gasteiger partial charge in [-0.05, 0) is 18.4 Å². The van der Waals surface area contributed by atoms with Crippen molar-refractivity contribution in [2.75, 3.05) is 13.2 Å². The largest absolute Gasteiger partial charge is 0.445 e. The van der Waals surface area contributed by atoms with Crippen molar-refractivity contribution in [2.24, 2.45) is 0 Å². The minimum absolute atomic E-state index is 0.141. The van der Waals surface area contributed by atoms with Crippen molar-refractivity contribution in [3.8, 4) is 0 Å². The van der Waals surface area contributed by atoms with Crippen LogP contribution in [0, 0.1) is 0 Å². The standard InChI is InChI=1S/C16H21NO4/c18-15(9-13-11-20-13)14-7-4-8-17(14)16(19)21-10-12-5-2-1-3-6-12/h1-3,5-6,13-15,18H,4,7-11H2/t13-,14+,15+/m1/s1. The molecule has 0 unspecified atom stereocenters. The number of rotatable bonds is 5. The van der Waals surface area contributed by atoms with Gasteiger partial charge in [-0.2, -0.15) is 0 Å². The van der Waals surface area contributed by atoms with Crippen molar-refractivity contribution in [1.29, 1.82) is 0 Å². The lowest BCUT2D eigenvalue weighted by Crippen LogP contribution is -2.43. The van der Waals surface area contributed by atoms with Crippen molar-refractivity contribution in [3.63, 3.8) is 0 Å². The number of likely N-dealkylation sites (tertiary alicyclic amines) is 1. The third kappa shape index (κ3) is 3.74. The molecule has 5 nitrogen and oxygen atoms in total. The Bertz CT molecular complexity index is 474. The SMILES string of the molecule is O=C(OCc1ccccc1)N1CCC[C@H]1[C@@H](O)C[C@@H]1CO1. The average Bonchev–Trinajstić information content (AvgIpc) is 3.18. The summed E-state index contributed by atoms with van der Waals surface area (Å²) in [6.45, 7) is 1.65. The van der Waals surface area contributed by atoms with E-state index in [1.165, 1.54) is 0 Å². The van der Waals surface area contributed by atoms with Crippen molar-refractivity contribution in [1.82, 2.24) is 4.90 Å². The molecular formula is C16H21NO4. The monoisotopic (exact) mass is 291 g/mol. The van der Waals surface area contributed by atoms with Crippen molar-refractivity contribution in [3.05, 3.63) is 35.9 Å². The van der Waals surface area contributed by atoms with Crippen LogP contribution in [0.2, 0.25) is 0 Å². The summed E-state index contributed by atoms with van der Waals surface area (Å²) in [6.07, 6.45) is 1.65.